The number of hydrogen-bond donors (Lipinski definition) is 3. The van der Waals surface area contributed by atoms with Crippen LogP contribution in [0.4, 0.5) is 0 Å². The van der Waals surface area contributed by atoms with Gasteiger partial charge in [0.2, 0.25) is 10.0 Å². The van der Waals surface area contributed by atoms with Gasteiger partial charge in [-0.2, -0.15) is 0 Å². The van der Waals surface area contributed by atoms with Crippen molar-refractivity contribution in [3.05, 3.63) is 29.8 Å². The molecule has 0 aliphatic heterocycles. The molecule has 8 heteroatoms. The topological polar surface area (TPSA) is 91.8 Å². The third-order valence-corrected chi connectivity index (χ3v) is 4.78. The van der Waals surface area contributed by atoms with Crippen molar-refractivity contribution >= 4 is 16.0 Å². The smallest absolute Gasteiger partial charge is 0.240 e. The molecule has 1 aromatic rings. The van der Waals surface area contributed by atoms with Gasteiger partial charge in [-0.05, 0) is 37.1 Å². The lowest BCUT2D eigenvalue weighted by Crippen LogP contribution is -2.37. The van der Waals surface area contributed by atoms with Gasteiger partial charge in [0, 0.05) is 33.4 Å². The number of benzene rings is 1. The van der Waals surface area contributed by atoms with Crippen LogP contribution in [-0.2, 0) is 21.3 Å². The molecule has 7 nitrogen and oxygen atoms in total. The summed E-state index contributed by atoms with van der Waals surface area (Å²) in [5.41, 5.74) is 0.861. The van der Waals surface area contributed by atoms with Gasteiger partial charge < -0.3 is 15.4 Å². The van der Waals surface area contributed by atoms with E-state index < -0.39 is 10.0 Å². The van der Waals surface area contributed by atoms with Crippen LogP contribution >= 0.6 is 0 Å². The summed E-state index contributed by atoms with van der Waals surface area (Å²) < 4.78 is 31.5. The Labute approximate surface area is 151 Å². The molecule has 0 atom stereocenters. The third kappa shape index (κ3) is 8.33. The molecule has 0 fully saturated rings. The molecule has 0 amide bonds. The van der Waals surface area contributed by atoms with Gasteiger partial charge >= 0.3 is 0 Å². The zero-order valence-corrected chi connectivity index (χ0v) is 16.3. The predicted molar refractivity (Wildman–Crippen MR) is 101 cm³/mol. The molecule has 0 spiro atoms. The van der Waals surface area contributed by atoms with Crippen molar-refractivity contribution in [1.82, 2.24) is 15.4 Å². The highest BCUT2D eigenvalue weighted by atomic mass is 32.2. The summed E-state index contributed by atoms with van der Waals surface area (Å²) in [4.78, 5) is 4.41. The summed E-state index contributed by atoms with van der Waals surface area (Å²) in [5.74, 6) is 1.22. The molecular formula is C17H30N4O3S. The average molecular weight is 371 g/mol. The van der Waals surface area contributed by atoms with Crippen molar-refractivity contribution in [2.75, 3.05) is 33.9 Å². The fourth-order valence-corrected chi connectivity index (χ4v) is 2.85. The lowest BCUT2D eigenvalue weighted by Gasteiger charge is -2.13. The largest absolute Gasteiger partial charge is 0.381 e. The molecule has 0 radical (unpaired) electrons. The fraction of sp³-hybridized carbons (Fsp3) is 0.588. The molecule has 0 unspecified atom stereocenters. The van der Waals surface area contributed by atoms with Crippen molar-refractivity contribution < 1.29 is 13.2 Å². The van der Waals surface area contributed by atoms with Crippen LogP contribution in [0.5, 0.6) is 0 Å². The molecular weight excluding hydrogens is 340 g/mol. The Balaban J connectivity index is 2.41. The van der Waals surface area contributed by atoms with E-state index in [2.05, 4.69) is 34.2 Å². The van der Waals surface area contributed by atoms with E-state index in [4.69, 9.17) is 4.74 Å². The summed E-state index contributed by atoms with van der Waals surface area (Å²) in [6.07, 6.45) is 0.892. The summed E-state index contributed by atoms with van der Waals surface area (Å²) in [6.45, 7) is 6.98. The quantitative estimate of drug-likeness (QED) is 0.328. The zero-order valence-electron chi connectivity index (χ0n) is 15.5. The second-order valence-corrected chi connectivity index (χ2v) is 7.92. The molecule has 3 N–H and O–H groups in total. The maximum atomic E-state index is 11.8. The van der Waals surface area contributed by atoms with E-state index >= 15 is 0 Å². The number of ether oxygens (including phenoxy) is 1. The molecule has 0 heterocycles. The summed E-state index contributed by atoms with van der Waals surface area (Å²) in [5, 5.41) is 6.39. The van der Waals surface area contributed by atoms with Gasteiger partial charge in [-0.25, -0.2) is 13.1 Å². The van der Waals surface area contributed by atoms with Crippen molar-refractivity contribution in [2.24, 2.45) is 10.9 Å². The third-order valence-electron chi connectivity index (χ3n) is 3.37. The molecule has 0 saturated carbocycles. The molecule has 0 saturated heterocycles. The van der Waals surface area contributed by atoms with E-state index in [1.54, 1.807) is 25.2 Å². The second-order valence-electron chi connectivity index (χ2n) is 6.03. The lowest BCUT2D eigenvalue weighted by atomic mass is 10.2. The lowest BCUT2D eigenvalue weighted by molar-refractivity contribution is 0.108. The summed E-state index contributed by atoms with van der Waals surface area (Å²) in [7, 11) is -0.331. The summed E-state index contributed by atoms with van der Waals surface area (Å²) >= 11 is 0. The van der Waals surface area contributed by atoms with Crippen LogP contribution in [0.3, 0.4) is 0 Å². The van der Waals surface area contributed by atoms with Crippen molar-refractivity contribution in [3.8, 4) is 0 Å². The minimum atomic E-state index is -3.43. The minimum Gasteiger partial charge on any atom is -0.381 e. The molecule has 0 aromatic heterocycles. The Kier molecular flexibility index (Phi) is 9.48. The average Bonchev–Trinajstić information content (AvgIpc) is 2.60. The van der Waals surface area contributed by atoms with Gasteiger partial charge in [0.1, 0.15) is 0 Å². The van der Waals surface area contributed by atoms with Crippen LogP contribution in [0.25, 0.3) is 0 Å². The number of aliphatic imine (C=N–C) groups is 1. The maximum Gasteiger partial charge on any atom is 0.240 e. The normalized spacial score (nSPS) is 12.4. The molecule has 0 aliphatic rings. The number of guanidine groups is 1. The summed E-state index contributed by atoms with van der Waals surface area (Å²) in [6, 6.07) is 6.81. The first kappa shape index (κ1) is 21.4. The van der Waals surface area contributed by atoms with E-state index in [0.29, 0.717) is 25.0 Å². The van der Waals surface area contributed by atoms with E-state index in [1.165, 1.54) is 7.05 Å². The van der Waals surface area contributed by atoms with Gasteiger partial charge in [0.05, 0.1) is 4.90 Å². The molecule has 1 rings (SSSR count). The Bertz CT molecular complexity index is 645. The van der Waals surface area contributed by atoms with Crippen LogP contribution in [0, 0.1) is 5.92 Å². The van der Waals surface area contributed by atoms with Gasteiger partial charge in [-0.3, -0.25) is 4.99 Å². The van der Waals surface area contributed by atoms with Gasteiger partial charge in [-0.15, -0.1) is 0 Å². The maximum absolute atomic E-state index is 11.8. The van der Waals surface area contributed by atoms with Gasteiger partial charge in [-0.1, -0.05) is 26.0 Å². The Morgan fingerprint density at radius 1 is 1.28 bits per heavy atom. The van der Waals surface area contributed by atoms with Crippen LogP contribution < -0.4 is 15.4 Å². The highest BCUT2D eigenvalue weighted by molar-refractivity contribution is 7.89. The highest BCUT2D eigenvalue weighted by Gasteiger charge is 2.11. The van der Waals surface area contributed by atoms with Gasteiger partial charge in [0.25, 0.3) is 0 Å². The van der Waals surface area contributed by atoms with Crippen LogP contribution in [0.1, 0.15) is 25.8 Å². The Hall–Kier alpha value is -1.64. The first-order chi connectivity index (χ1) is 11.9. The highest BCUT2D eigenvalue weighted by Crippen LogP contribution is 2.10. The van der Waals surface area contributed by atoms with E-state index in [9.17, 15) is 8.42 Å². The monoisotopic (exact) mass is 370 g/mol. The molecule has 0 bridgehead atoms. The Morgan fingerprint density at radius 2 is 2.04 bits per heavy atom. The standard InChI is InChI=1S/C17H30N4O3S/c1-14(2)13-24-10-6-9-20-17(18-3)21-12-15-7-5-8-16(11-15)25(22,23)19-4/h5,7-8,11,14,19H,6,9-10,12-13H2,1-4H3,(H2,18,20,21). The first-order valence-corrected chi connectivity index (χ1v) is 9.92. The number of nitrogens with one attached hydrogen (secondary N) is 3. The number of rotatable bonds is 10. The Morgan fingerprint density at radius 3 is 2.68 bits per heavy atom. The van der Waals surface area contributed by atoms with Crippen molar-refractivity contribution in [3.63, 3.8) is 0 Å². The first-order valence-electron chi connectivity index (χ1n) is 8.43. The van der Waals surface area contributed by atoms with E-state index in [1.807, 2.05) is 6.07 Å². The van der Waals surface area contributed by atoms with Gasteiger partial charge in [0.15, 0.2) is 5.96 Å². The minimum absolute atomic E-state index is 0.250. The fourth-order valence-electron chi connectivity index (χ4n) is 2.05. The molecule has 25 heavy (non-hydrogen) atoms. The SMILES string of the molecule is CN=C(NCCCOCC(C)C)NCc1cccc(S(=O)(=O)NC)c1. The van der Waals surface area contributed by atoms with Crippen molar-refractivity contribution in [2.45, 2.75) is 31.7 Å². The molecule has 142 valence electrons. The number of sulfonamides is 1. The zero-order chi connectivity index (χ0) is 18.7. The number of hydrogen-bond acceptors (Lipinski definition) is 4. The van der Waals surface area contributed by atoms with Crippen LogP contribution in [0.15, 0.2) is 34.2 Å². The van der Waals surface area contributed by atoms with E-state index in [-0.39, 0.29) is 4.90 Å². The number of nitrogens with zero attached hydrogens (tertiary/aromatic N) is 1. The van der Waals surface area contributed by atoms with Crippen LogP contribution in [-0.4, -0.2) is 48.2 Å². The van der Waals surface area contributed by atoms with E-state index in [0.717, 1.165) is 25.1 Å². The van der Waals surface area contributed by atoms with Crippen LogP contribution in [0.2, 0.25) is 0 Å². The molecule has 0 aliphatic carbocycles. The molecule has 1 aromatic carbocycles. The second kappa shape index (κ2) is 11.1. The van der Waals surface area contributed by atoms with Crippen molar-refractivity contribution in [1.29, 1.82) is 0 Å². The predicted octanol–water partition coefficient (Wildman–Crippen LogP) is 1.32.